The lowest BCUT2D eigenvalue weighted by atomic mass is 10.1. The normalized spacial score (nSPS) is 11.3. The number of rotatable bonds is 7. The molecule has 0 radical (unpaired) electrons. The molecule has 0 fully saturated rings. The van der Waals surface area contributed by atoms with E-state index in [-0.39, 0.29) is 0 Å². The van der Waals surface area contributed by atoms with Crippen LogP contribution in [0.15, 0.2) is 10.7 Å². The Morgan fingerprint density at radius 2 is 2.04 bits per heavy atom. The van der Waals surface area contributed by atoms with Gasteiger partial charge in [-0.05, 0) is 33.1 Å². The minimum Gasteiger partial charge on any atom is -0.369 e. The maximum absolute atomic E-state index is 5.21. The van der Waals surface area contributed by atoms with E-state index in [1.165, 1.54) is 5.56 Å². The Bertz CT molecular complexity index is 816. The smallest absolute Gasteiger partial charge is 0.163 e. The molecule has 3 heterocycles. The predicted molar refractivity (Wildman–Crippen MR) is 93.1 cm³/mol. The molecule has 128 valence electrons. The number of aromatic nitrogens is 5. The fraction of sp³-hybridized carbons (Fsp3) is 0.529. The second-order valence-corrected chi connectivity index (χ2v) is 6.08. The van der Waals surface area contributed by atoms with Crippen LogP contribution in [0.5, 0.6) is 0 Å². The summed E-state index contributed by atoms with van der Waals surface area (Å²) in [5.41, 5.74) is 3.06. The third-order valence-corrected chi connectivity index (χ3v) is 4.19. The number of aryl methyl sites for hydroxylation is 4. The minimum atomic E-state index is 0.830. The Balaban J connectivity index is 1.70. The first-order chi connectivity index (χ1) is 11.6. The molecule has 0 spiro atoms. The summed E-state index contributed by atoms with van der Waals surface area (Å²) in [7, 11) is 1.91. The molecule has 0 saturated heterocycles. The Morgan fingerprint density at radius 1 is 1.21 bits per heavy atom. The van der Waals surface area contributed by atoms with Crippen LogP contribution in [0.3, 0.4) is 0 Å². The van der Waals surface area contributed by atoms with E-state index < -0.39 is 0 Å². The van der Waals surface area contributed by atoms with Crippen LogP contribution in [0.2, 0.25) is 0 Å². The van der Waals surface area contributed by atoms with Crippen LogP contribution < -0.4 is 5.32 Å². The van der Waals surface area contributed by atoms with E-state index in [9.17, 15) is 0 Å². The van der Waals surface area contributed by atoms with E-state index in [2.05, 4.69) is 32.5 Å². The van der Waals surface area contributed by atoms with Crippen molar-refractivity contribution in [1.29, 1.82) is 0 Å². The molecule has 0 aliphatic rings. The van der Waals surface area contributed by atoms with Gasteiger partial charge in [0.25, 0.3) is 0 Å². The van der Waals surface area contributed by atoms with Crippen molar-refractivity contribution in [3.63, 3.8) is 0 Å². The average molecular weight is 328 g/mol. The van der Waals surface area contributed by atoms with Crippen molar-refractivity contribution in [1.82, 2.24) is 24.9 Å². The second-order valence-electron chi connectivity index (χ2n) is 6.08. The summed E-state index contributed by atoms with van der Waals surface area (Å²) in [6.45, 7) is 6.91. The zero-order chi connectivity index (χ0) is 17.1. The number of nitrogens with one attached hydrogen (secondary N) is 1. The highest BCUT2D eigenvalue weighted by atomic mass is 16.5. The lowest BCUT2D eigenvalue weighted by molar-refractivity contribution is 0.392. The largest absolute Gasteiger partial charge is 0.369 e. The Labute approximate surface area is 141 Å². The van der Waals surface area contributed by atoms with Gasteiger partial charge in [-0.1, -0.05) is 12.1 Å². The maximum atomic E-state index is 5.21. The van der Waals surface area contributed by atoms with Crippen molar-refractivity contribution in [2.24, 2.45) is 7.05 Å². The van der Waals surface area contributed by atoms with E-state index in [1.54, 1.807) is 4.68 Å². The summed E-state index contributed by atoms with van der Waals surface area (Å²) in [6, 6.07) is 0. The summed E-state index contributed by atoms with van der Waals surface area (Å²) >= 11 is 0. The summed E-state index contributed by atoms with van der Waals surface area (Å²) in [6.07, 6.45) is 5.64. The molecule has 1 N–H and O–H groups in total. The van der Waals surface area contributed by atoms with Crippen LogP contribution in [-0.2, 0) is 19.9 Å². The van der Waals surface area contributed by atoms with E-state index in [0.717, 1.165) is 66.4 Å². The van der Waals surface area contributed by atoms with Gasteiger partial charge in [-0.25, -0.2) is 9.97 Å². The Kier molecular flexibility index (Phi) is 4.78. The number of anilines is 1. The van der Waals surface area contributed by atoms with E-state index in [0.29, 0.717) is 0 Å². The SMILES string of the molecule is CCCc1nc(NCCCc2c(C)noc2C)c2cnn(C)c2n1. The van der Waals surface area contributed by atoms with Gasteiger partial charge in [-0.2, -0.15) is 5.10 Å². The Morgan fingerprint density at radius 3 is 2.75 bits per heavy atom. The van der Waals surface area contributed by atoms with Gasteiger partial charge in [-0.3, -0.25) is 4.68 Å². The van der Waals surface area contributed by atoms with Gasteiger partial charge >= 0.3 is 0 Å². The van der Waals surface area contributed by atoms with Gasteiger partial charge in [-0.15, -0.1) is 0 Å². The first-order valence-corrected chi connectivity index (χ1v) is 8.44. The van der Waals surface area contributed by atoms with Crippen molar-refractivity contribution in [2.45, 2.75) is 46.5 Å². The zero-order valence-electron chi connectivity index (χ0n) is 14.8. The molecule has 0 aliphatic carbocycles. The van der Waals surface area contributed by atoms with Gasteiger partial charge in [0.2, 0.25) is 0 Å². The molecule has 0 saturated carbocycles. The minimum absolute atomic E-state index is 0.830. The predicted octanol–water partition coefficient (Wildman–Crippen LogP) is 2.97. The maximum Gasteiger partial charge on any atom is 0.163 e. The van der Waals surface area contributed by atoms with Crippen LogP contribution in [0.4, 0.5) is 5.82 Å². The van der Waals surface area contributed by atoms with Crippen molar-refractivity contribution in [2.75, 3.05) is 11.9 Å². The summed E-state index contributed by atoms with van der Waals surface area (Å²) < 4.78 is 7.01. The highest BCUT2D eigenvalue weighted by Gasteiger charge is 2.12. The first-order valence-electron chi connectivity index (χ1n) is 8.44. The Hall–Kier alpha value is -2.44. The van der Waals surface area contributed by atoms with Gasteiger partial charge in [0.1, 0.15) is 17.4 Å². The van der Waals surface area contributed by atoms with E-state index in [4.69, 9.17) is 4.52 Å². The number of hydrogen-bond acceptors (Lipinski definition) is 6. The molecular formula is C17H24N6O. The fourth-order valence-electron chi connectivity index (χ4n) is 2.87. The number of fused-ring (bicyclic) bond motifs is 1. The molecule has 3 rings (SSSR count). The highest BCUT2D eigenvalue weighted by Crippen LogP contribution is 2.20. The van der Waals surface area contributed by atoms with E-state index >= 15 is 0 Å². The topological polar surface area (TPSA) is 81.7 Å². The molecule has 0 amide bonds. The van der Waals surface area contributed by atoms with Crippen molar-refractivity contribution < 1.29 is 4.52 Å². The molecule has 0 bridgehead atoms. The van der Waals surface area contributed by atoms with Gasteiger partial charge in [0, 0.05) is 25.6 Å². The number of hydrogen-bond donors (Lipinski definition) is 1. The number of nitrogens with zero attached hydrogens (tertiary/aromatic N) is 5. The molecule has 7 heteroatoms. The summed E-state index contributed by atoms with van der Waals surface area (Å²) in [5.74, 6) is 2.64. The van der Waals surface area contributed by atoms with Gasteiger partial charge in [0.05, 0.1) is 17.3 Å². The molecule has 0 aliphatic heterocycles. The lowest BCUT2D eigenvalue weighted by Gasteiger charge is -2.09. The molecule has 3 aromatic rings. The summed E-state index contributed by atoms with van der Waals surface area (Å²) in [5, 5.41) is 12.7. The van der Waals surface area contributed by atoms with E-state index in [1.807, 2.05) is 27.1 Å². The van der Waals surface area contributed by atoms with Crippen molar-refractivity contribution >= 4 is 16.9 Å². The lowest BCUT2D eigenvalue weighted by Crippen LogP contribution is -2.08. The first kappa shape index (κ1) is 16.4. The van der Waals surface area contributed by atoms with Crippen LogP contribution in [0.25, 0.3) is 11.0 Å². The third kappa shape index (κ3) is 3.25. The molecular weight excluding hydrogens is 304 g/mol. The van der Waals surface area contributed by atoms with Crippen molar-refractivity contribution in [3.8, 4) is 0 Å². The zero-order valence-corrected chi connectivity index (χ0v) is 14.8. The van der Waals surface area contributed by atoms with Crippen LogP contribution >= 0.6 is 0 Å². The average Bonchev–Trinajstić information content (AvgIpc) is 3.08. The molecule has 3 aromatic heterocycles. The standard InChI is InChI=1S/C17H24N6O/c1-5-7-15-20-16(14-10-19-23(4)17(14)21-15)18-9-6-8-13-11(2)22-24-12(13)3/h10H,5-9H2,1-4H3,(H,18,20,21). The van der Waals surface area contributed by atoms with Crippen molar-refractivity contribution in [3.05, 3.63) is 29.0 Å². The van der Waals surface area contributed by atoms with Crippen LogP contribution in [-0.4, -0.2) is 31.4 Å². The molecule has 0 unspecified atom stereocenters. The molecule has 0 aromatic carbocycles. The van der Waals surface area contributed by atoms with Gasteiger partial charge in [0.15, 0.2) is 5.65 Å². The quantitative estimate of drug-likeness (QED) is 0.672. The van der Waals surface area contributed by atoms with Crippen LogP contribution in [0.1, 0.15) is 42.6 Å². The monoisotopic (exact) mass is 328 g/mol. The second kappa shape index (κ2) is 6.98. The summed E-state index contributed by atoms with van der Waals surface area (Å²) in [4.78, 5) is 9.27. The highest BCUT2D eigenvalue weighted by molar-refractivity contribution is 5.86. The molecule has 7 nitrogen and oxygen atoms in total. The third-order valence-electron chi connectivity index (χ3n) is 4.19. The molecule has 24 heavy (non-hydrogen) atoms. The van der Waals surface area contributed by atoms with Crippen LogP contribution in [0, 0.1) is 13.8 Å². The fourth-order valence-corrected chi connectivity index (χ4v) is 2.87. The van der Waals surface area contributed by atoms with Gasteiger partial charge < -0.3 is 9.84 Å². The molecule has 0 atom stereocenters.